The molecular formula is C16H19N5O3. The third-order valence-corrected chi connectivity index (χ3v) is 4.22. The highest BCUT2D eigenvalue weighted by Gasteiger charge is 2.27. The number of carbonyl (C=O) groups is 2. The van der Waals surface area contributed by atoms with Gasteiger partial charge in [0, 0.05) is 24.1 Å². The number of carbonyl (C=O) groups excluding carboxylic acids is 1. The maximum atomic E-state index is 12.5. The minimum atomic E-state index is -0.754. The standard InChI is InChI=1S/C16H19N5O3/c1-10-8-13(20-16(18-10)21-7-6-17-9-21)14(22)19-12-4-2-11(3-5-12)15(23)24/h6-9,11-12H,2-5H2,1H3,(H,19,22)(H,23,24)/t11-,12-. The highest BCUT2D eigenvalue weighted by Crippen LogP contribution is 2.24. The maximum Gasteiger partial charge on any atom is 0.306 e. The molecule has 0 unspecified atom stereocenters. The van der Waals surface area contributed by atoms with Crippen molar-refractivity contribution in [3.63, 3.8) is 0 Å². The van der Waals surface area contributed by atoms with Crippen molar-refractivity contribution in [3.05, 3.63) is 36.2 Å². The Morgan fingerprint density at radius 1 is 1.25 bits per heavy atom. The van der Waals surface area contributed by atoms with Crippen LogP contribution in [-0.4, -0.2) is 42.5 Å². The van der Waals surface area contributed by atoms with Gasteiger partial charge in [-0.15, -0.1) is 0 Å². The molecule has 24 heavy (non-hydrogen) atoms. The summed E-state index contributed by atoms with van der Waals surface area (Å²) in [5.41, 5.74) is 0.986. The first kappa shape index (κ1) is 16.1. The van der Waals surface area contributed by atoms with Crippen molar-refractivity contribution in [2.75, 3.05) is 0 Å². The molecule has 0 bridgehead atoms. The van der Waals surface area contributed by atoms with E-state index in [1.807, 2.05) is 0 Å². The van der Waals surface area contributed by atoms with E-state index in [9.17, 15) is 9.59 Å². The minimum absolute atomic E-state index is 0.0138. The Morgan fingerprint density at radius 2 is 2.00 bits per heavy atom. The fraction of sp³-hybridized carbons (Fsp3) is 0.438. The quantitative estimate of drug-likeness (QED) is 0.876. The molecule has 2 heterocycles. The van der Waals surface area contributed by atoms with E-state index >= 15 is 0 Å². The number of carboxylic acids is 1. The molecule has 1 aliphatic rings. The Labute approximate surface area is 139 Å². The second-order valence-corrected chi connectivity index (χ2v) is 6.02. The second kappa shape index (κ2) is 6.77. The zero-order valence-corrected chi connectivity index (χ0v) is 13.3. The van der Waals surface area contributed by atoms with Crippen molar-refractivity contribution in [1.29, 1.82) is 0 Å². The first-order valence-corrected chi connectivity index (χ1v) is 7.90. The summed E-state index contributed by atoms with van der Waals surface area (Å²) in [5.74, 6) is -0.920. The smallest absolute Gasteiger partial charge is 0.306 e. The molecule has 2 aromatic heterocycles. The highest BCUT2D eigenvalue weighted by atomic mass is 16.4. The number of carboxylic acid groups (broad SMARTS) is 1. The molecule has 0 spiro atoms. The third kappa shape index (κ3) is 3.58. The number of amides is 1. The Morgan fingerprint density at radius 3 is 2.62 bits per heavy atom. The fourth-order valence-electron chi connectivity index (χ4n) is 2.91. The second-order valence-electron chi connectivity index (χ2n) is 6.02. The Kier molecular flexibility index (Phi) is 4.54. The van der Waals surface area contributed by atoms with Crippen LogP contribution in [0.1, 0.15) is 41.9 Å². The number of nitrogens with zero attached hydrogens (tertiary/aromatic N) is 4. The van der Waals surface area contributed by atoms with Gasteiger partial charge in [0.2, 0.25) is 5.95 Å². The lowest BCUT2D eigenvalue weighted by molar-refractivity contribution is -0.142. The maximum absolute atomic E-state index is 12.5. The molecule has 8 nitrogen and oxygen atoms in total. The van der Waals surface area contributed by atoms with E-state index in [4.69, 9.17) is 5.11 Å². The SMILES string of the molecule is Cc1cc(C(=O)N[C@H]2CC[C@H](C(=O)O)CC2)nc(-n2ccnc2)n1. The summed E-state index contributed by atoms with van der Waals surface area (Å²) in [6, 6.07) is 1.62. The number of rotatable bonds is 4. The van der Waals surface area contributed by atoms with Crippen LogP contribution in [-0.2, 0) is 4.79 Å². The normalized spacial score (nSPS) is 20.5. The van der Waals surface area contributed by atoms with Crippen LogP contribution < -0.4 is 5.32 Å². The number of aliphatic carboxylic acids is 1. The van der Waals surface area contributed by atoms with Gasteiger partial charge in [0.1, 0.15) is 12.0 Å². The Balaban J connectivity index is 1.68. The topological polar surface area (TPSA) is 110 Å². The molecule has 0 aliphatic heterocycles. The van der Waals surface area contributed by atoms with E-state index in [0.29, 0.717) is 43.0 Å². The van der Waals surface area contributed by atoms with Gasteiger partial charge in [-0.05, 0) is 38.7 Å². The molecule has 1 aliphatic carbocycles. The summed E-state index contributed by atoms with van der Waals surface area (Å²) in [5, 5.41) is 12.0. The van der Waals surface area contributed by atoms with Gasteiger partial charge in [0.15, 0.2) is 0 Å². The molecule has 2 N–H and O–H groups in total. The highest BCUT2D eigenvalue weighted by molar-refractivity contribution is 5.92. The lowest BCUT2D eigenvalue weighted by Crippen LogP contribution is -2.39. The summed E-state index contributed by atoms with van der Waals surface area (Å²) in [6.45, 7) is 1.80. The first-order chi connectivity index (χ1) is 11.5. The molecule has 0 atom stereocenters. The number of hydrogen-bond donors (Lipinski definition) is 2. The van der Waals surface area contributed by atoms with E-state index in [1.165, 1.54) is 0 Å². The molecule has 1 amide bonds. The molecule has 0 aromatic carbocycles. The minimum Gasteiger partial charge on any atom is -0.481 e. The molecule has 8 heteroatoms. The molecule has 0 radical (unpaired) electrons. The van der Waals surface area contributed by atoms with E-state index in [2.05, 4.69) is 20.3 Å². The van der Waals surface area contributed by atoms with Crippen molar-refractivity contribution in [3.8, 4) is 5.95 Å². The van der Waals surface area contributed by atoms with Crippen molar-refractivity contribution in [2.24, 2.45) is 5.92 Å². The number of aryl methyl sites for hydroxylation is 1. The summed E-state index contributed by atoms with van der Waals surface area (Å²) in [7, 11) is 0. The first-order valence-electron chi connectivity index (χ1n) is 7.90. The van der Waals surface area contributed by atoms with Crippen LogP contribution in [0.5, 0.6) is 0 Å². The van der Waals surface area contributed by atoms with Gasteiger partial charge in [-0.1, -0.05) is 0 Å². The zero-order valence-electron chi connectivity index (χ0n) is 13.3. The van der Waals surface area contributed by atoms with Gasteiger partial charge in [-0.25, -0.2) is 15.0 Å². The Bertz CT molecular complexity index is 736. The predicted molar refractivity (Wildman–Crippen MR) is 84.7 cm³/mol. The summed E-state index contributed by atoms with van der Waals surface area (Å²) in [4.78, 5) is 36.0. The van der Waals surface area contributed by atoms with Gasteiger partial charge in [-0.2, -0.15) is 0 Å². The van der Waals surface area contributed by atoms with Crippen molar-refractivity contribution in [2.45, 2.75) is 38.6 Å². The van der Waals surface area contributed by atoms with Crippen LogP contribution >= 0.6 is 0 Å². The van der Waals surface area contributed by atoms with E-state index in [-0.39, 0.29) is 17.9 Å². The van der Waals surface area contributed by atoms with Crippen LogP contribution in [0.25, 0.3) is 5.95 Å². The van der Waals surface area contributed by atoms with Gasteiger partial charge in [0.05, 0.1) is 5.92 Å². The van der Waals surface area contributed by atoms with Crippen LogP contribution in [0.2, 0.25) is 0 Å². The van der Waals surface area contributed by atoms with E-state index in [0.717, 1.165) is 0 Å². The monoisotopic (exact) mass is 329 g/mol. The van der Waals surface area contributed by atoms with Gasteiger partial charge in [0.25, 0.3) is 5.91 Å². The number of aromatic nitrogens is 4. The lowest BCUT2D eigenvalue weighted by Gasteiger charge is -2.26. The Hall–Kier alpha value is -2.77. The average molecular weight is 329 g/mol. The molecule has 1 saturated carbocycles. The summed E-state index contributed by atoms with van der Waals surface area (Å²) < 4.78 is 1.64. The van der Waals surface area contributed by atoms with Crippen molar-refractivity contribution < 1.29 is 14.7 Å². The van der Waals surface area contributed by atoms with Crippen LogP contribution in [0, 0.1) is 12.8 Å². The largest absolute Gasteiger partial charge is 0.481 e. The molecule has 2 aromatic rings. The zero-order chi connectivity index (χ0) is 17.1. The summed E-state index contributed by atoms with van der Waals surface area (Å²) >= 11 is 0. The number of imidazole rings is 1. The van der Waals surface area contributed by atoms with Crippen LogP contribution in [0.3, 0.4) is 0 Å². The van der Waals surface area contributed by atoms with E-state index in [1.54, 1.807) is 36.3 Å². The van der Waals surface area contributed by atoms with Gasteiger partial charge in [-0.3, -0.25) is 14.2 Å². The van der Waals surface area contributed by atoms with E-state index < -0.39 is 5.97 Å². The van der Waals surface area contributed by atoms with Crippen LogP contribution in [0.15, 0.2) is 24.8 Å². The average Bonchev–Trinajstić information content (AvgIpc) is 3.09. The van der Waals surface area contributed by atoms with Gasteiger partial charge < -0.3 is 10.4 Å². The molecule has 3 rings (SSSR count). The van der Waals surface area contributed by atoms with Gasteiger partial charge >= 0.3 is 5.97 Å². The molecule has 1 fully saturated rings. The molecular weight excluding hydrogens is 310 g/mol. The fourth-order valence-corrected chi connectivity index (χ4v) is 2.91. The predicted octanol–water partition coefficient (Wildman–Crippen LogP) is 1.34. The number of hydrogen-bond acceptors (Lipinski definition) is 5. The molecule has 0 saturated heterocycles. The van der Waals surface area contributed by atoms with Crippen LogP contribution in [0.4, 0.5) is 0 Å². The third-order valence-electron chi connectivity index (χ3n) is 4.22. The van der Waals surface area contributed by atoms with Crippen molar-refractivity contribution in [1.82, 2.24) is 24.8 Å². The summed E-state index contributed by atoms with van der Waals surface area (Å²) in [6.07, 6.45) is 7.41. The lowest BCUT2D eigenvalue weighted by atomic mass is 9.86. The number of nitrogens with one attached hydrogen (secondary N) is 1. The molecule has 126 valence electrons. The van der Waals surface area contributed by atoms with Crippen molar-refractivity contribution >= 4 is 11.9 Å².